The third-order valence-corrected chi connectivity index (χ3v) is 2.79. The zero-order valence-corrected chi connectivity index (χ0v) is 11.0. The van der Waals surface area contributed by atoms with Gasteiger partial charge < -0.3 is 20.7 Å². The molecule has 0 fully saturated rings. The van der Waals surface area contributed by atoms with E-state index in [1.807, 2.05) is 0 Å². The Morgan fingerprint density at radius 3 is 2.56 bits per heavy atom. The summed E-state index contributed by atoms with van der Waals surface area (Å²) in [5.74, 6) is -0.0306. The van der Waals surface area contributed by atoms with E-state index in [0.717, 1.165) is 44.3 Å². The molecule has 0 aliphatic carbocycles. The standard InChI is InChI=1S/C11H21N5O2/c1-15(2)10-9(7-5-3-4-6-8-12)13-14-11(10)16(17)18/h3-8,12H2,1-2H3,(H,13,14). The van der Waals surface area contributed by atoms with Gasteiger partial charge in [-0.25, -0.2) is 0 Å². The van der Waals surface area contributed by atoms with Gasteiger partial charge in [0.15, 0.2) is 5.69 Å². The number of hydrogen-bond acceptors (Lipinski definition) is 5. The van der Waals surface area contributed by atoms with Gasteiger partial charge in [-0.05, 0) is 30.7 Å². The quantitative estimate of drug-likeness (QED) is 0.416. The highest BCUT2D eigenvalue weighted by atomic mass is 16.6. The summed E-state index contributed by atoms with van der Waals surface area (Å²) in [5.41, 5.74) is 6.77. The average Bonchev–Trinajstić information content (AvgIpc) is 2.72. The Labute approximate surface area is 107 Å². The summed E-state index contributed by atoms with van der Waals surface area (Å²) < 4.78 is 0. The molecule has 1 heterocycles. The van der Waals surface area contributed by atoms with Crippen molar-refractivity contribution in [3.8, 4) is 0 Å². The largest absolute Gasteiger partial charge is 0.369 e. The minimum Gasteiger partial charge on any atom is -0.369 e. The molecule has 0 bridgehead atoms. The third kappa shape index (κ3) is 3.69. The molecular formula is C11H21N5O2. The Morgan fingerprint density at radius 2 is 2.00 bits per heavy atom. The lowest BCUT2D eigenvalue weighted by Gasteiger charge is -2.11. The predicted octanol–water partition coefficient (Wildman–Crippen LogP) is 1.45. The maximum Gasteiger partial charge on any atom is 0.366 e. The summed E-state index contributed by atoms with van der Waals surface area (Å²) in [6.07, 6.45) is 4.93. The molecule has 7 heteroatoms. The van der Waals surface area contributed by atoms with Crippen molar-refractivity contribution >= 4 is 11.5 Å². The van der Waals surface area contributed by atoms with E-state index in [0.29, 0.717) is 5.69 Å². The number of hydrogen-bond donors (Lipinski definition) is 2. The third-order valence-electron chi connectivity index (χ3n) is 2.79. The van der Waals surface area contributed by atoms with Gasteiger partial charge in [0.25, 0.3) is 0 Å². The fraction of sp³-hybridized carbons (Fsp3) is 0.727. The van der Waals surface area contributed by atoms with Gasteiger partial charge in [0, 0.05) is 14.1 Å². The smallest absolute Gasteiger partial charge is 0.366 e. The van der Waals surface area contributed by atoms with Gasteiger partial charge in [-0.1, -0.05) is 17.9 Å². The van der Waals surface area contributed by atoms with Crippen molar-refractivity contribution in [2.24, 2.45) is 5.73 Å². The predicted molar refractivity (Wildman–Crippen MR) is 70.8 cm³/mol. The Hall–Kier alpha value is -1.63. The average molecular weight is 255 g/mol. The van der Waals surface area contributed by atoms with Crippen molar-refractivity contribution < 1.29 is 4.92 Å². The van der Waals surface area contributed by atoms with E-state index >= 15 is 0 Å². The molecule has 0 saturated carbocycles. The molecule has 18 heavy (non-hydrogen) atoms. The second kappa shape index (κ2) is 6.95. The molecule has 1 aromatic heterocycles. The van der Waals surface area contributed by atoms with Crippen LogP contribution in [0.4, 0.5) is 11.5 Å². The molecule has 0 atom stereocenters. The van der Waals surface area contributed by atoms with E-state index in [9.17, 15) is 10.1 Å². The Balaban J connectivity index is 2.62. The Bertz CT molecular complexity index is 389. The summed E-state index contributed by atoms with van der Waals surface area (Å²) in [5, 5.41) is 17.4. The van der Waals surface area contributed by atoms with Crippen molar-refractivity contribution in [1.82, 2.24) is 10.2 Å². The summed E-state index contributed by atoms with van der Waals surface area (Å²) in [6.45, 7) is 0.719. The monoisotopic (exact) mass is 255 g/mol. The lowest BCUT2D eigenvalue weighted by Crippen LogP contribution is -2.12. The molecule has 0 radical (unpaired) electrons. The lowest BCUT2D eigenvalue weighted by molar-refractivity contribution is -0.388. The first kappa shape index (κ1) is 14.4. The highest BCUT2D eigenvalue weighted by Gasteiger charge is 2.22. The normalized spacial score (nSPS) is 10.6. The first-order valence-electron chi connectivity index (χ1n) is 6.17. The van der Waals surface area contributed by atoms with Gasteiger partial charge in [0.05, 0.1) is 0 Å². The van der Waals surface area contributed by atoms with Crippen LogP contribution in [0.15, 0.2) is 0 Å². The van der Waals surface area contributed by atoms with Crippen LogP contribution in [-0.4, -0.2) is 35.8 Å². The van der Waals surface area contributed by atoms with Gasteiger partial charge in [-0.3, -0.25) is 0 Å². The SMILES string of the molecule is CN(C)c1c(CCCCCCN)n[nH]c1[N+](=O)[O-]. The van der Waals surface area contributed by atoms with Crippen molar-refractivity contribution in [2.75, 3.05) is 25.5 Å². The lowest BCUT2D eigenvalue weighted by atomic mass is 10.1. The number of nitrogens with zero attached hydrogens (tertiary/aromatic N) is 3. The molecule has 7 nitrogen and oxygen atoms in total. The van der Waals surface area contributed by atoms with Gasteiger partial charge in [0.1, 0.15) is 5.69 Å². The summed E-state index contributed by atoms with van der Waals surface area (Å²) in [6, 6.07) is 0. The van der Waals surface area contributed by atoms with E-state index in [1.54, 1.807) is 19.0 Å². The molecule has 1 aromatic rings. The molecule has 0 aliphatic heterocycles. The topological polar surface area (TPSA) is 101 Å². The Morgan fingerprint density at radius 1 is 1.33 bits per heavy atom. The number of nitrogens with one attached hydrogen (secondary N) is 1. The maximum absolute atomic E-state index is 10.8. The van der Waals surface area contributed by atoms with Crippen LogP contribution in [0.25, 0.3) is 0 Å². The molecule has 0 aliphatic rings. The van der Waals surface area contributed by atoms with Gasteiger partial charge >= 0.3 is 5.82 Å². The molecule has 1 rings (SSSR count). The summed E-state index contributed by atoms with van der Waals surface area (Å²) >= 11 is 0. The van der Waals surface area contributed by atoms with Gasteiger partial charge in [-0.2, -0.15) is 0 Å². The fourth-order valence-electron chi connectivity index (χ4n) is 1.92. The second-order valence-electron chi connectivity index (χ2n) is 4.47. The highest BCUT2D eigenvalue weighted by molar-refractivity contribution is 5.62. The first-order valence-corrected chi connectivity index (χ1v) is 6.17. The van der Waals surface area contributed by atoms with E-state index < -0.39 is 4.92 Å². The number of nitro groups is 1. The molecule has 3 N–H and O–H groups in total. The van der Waals surface area contributed by atoms with Gasteiger partial charge in [-0.15, -0.1) is 5.10 Å². The van der Waals surface area contributed by atoms with E-state index in [1.165, 1.54) is 0 Å². The van der Waals surface area contributed by atoms with E-state index in [2.05, 4.69) is 10.2 Å². The number of anilines is 1. The number of aromatic amines is 1. The molecule has 0 amide bonds. The molecule has 102 valence electrons. The minimum atomic E-state index is -0.430. The number of unbranched alkanes of at least 4 members (excludes halogenated alkanes) is 3. The minimum absolute atomic E-state index is 0.0306. The summed E-state index contributed by atoms with van der Waals surface area (Å²) in [7, 11) is 3.57. The Kier molecular flexibility index (Phi) is 5.57. The van der Waals surface area contributed by atoms with Crippen molar-refractivity contribution in [3.63, 3.8) is 0 Å². The summed E-state index contributed by atoms with van der Waals surface area (Å²) in [4.78, 5) is 12.2. The van der Waals surface area contributed by atoms with Crippen LogP contribution in [0.3, 0.4) is 0 Å². The number of aryl methyl sites for hydroxylation is 1. The van der Waals surface area contributed by atoms with Crippen LogP contribution >= 0.6 is 0 Å². The van der Waals surface area contributed by atoms with Crippen LogP contribution in [0.5, 0.6) is 0 Å². The molecule has 0 aromatic carbocycles. The number of rotatable bonds is 8. The van der Waals surface area contributed by atoms with Crippen LogP contribution < -0.4 is 10.6 Å². The highest BCUT2D eigenvalue weighted by Crippen LogP contribution is 2.28. The van der Waals surface area contributed by atoms with Crippen LogP contribution in [0.1, 0.15) is 31.4 Å². The zero-order chi connectivity index (χ0) is 13.5. The molecule has 0 unspecified atom stereocenters. The van der Waals surface area contributed by atoms with Crippen LogP contribution in [-0.2, 0) is 6.42 Å². The molecular weight excluding hydrogens is 234 g/mol. The van der Waals surface area contributed by atoms with Crippen LogP contribution in [0.2, 0.25) is 0 Å². The van der Waals surface area contributed by atoms with Crippen molar-refractivity contribution in [1.29, 1.82) is 0 Å². The van der Waals surface area contributed by atoms with Gasteiger partial charge in [0.2, 0.25) is 0 Å². The second-order valence-corrected chi connectivity index (χ2v) is 4.47. The maximum atomic E-state index is 10.8. The van der Waals surface area contributed by atoms with Crippen molar-refractivity contribution in [2.45, 2.75) is 32.1 Å². The number of aromatic nitrogens is 2. The molecule has 0 saturated heterocycles. The molecule has 0 spiro atoms. The first-order chi connectivity index (χ1) is 8.57. The van der Waals surface area contributed by atoms with E-state index in [4.69, 9.17) is 5.73 Å². The van der Waals surface area contributed by atoms with Crippen molar-refractivity contribution in [3.05, 3.63) is 15.8 Å². The fourth-order valence-corrected chi connectivity index (χ4v) is 1.92. The number of nitrogens with two attached hydrogens (primary N) is 1. The van der Waals surface area contributed by atoms with Crippen LogP contribution in [0, 0.1) is 10.1 Å². The van der Waals surface area contributed by atoms with E-state index in [-0.39, 0.29) is 5.82 Å². The zero-order valence-electron chi connectivity index (χ0n) is 11.0. The number of H-pyrrole nitrogens is 1.